The van der Waals surface area contributed by atoms with Gasteiger partial charge in [-0.1, -0.05) is 13.8 Å². The van der Waals surface area contributed by atoms with E-state index < -0.39 is 5.54 Å². The highest BCUT2D eigenvalue weighted by Crippen LogP contribution is 2.36. The molecule has 2 aliphatic rings. The van der Waals surface area contributed by atoms with Crippen LogP contribution in [0, 0.1) is 5.92 Å². The largest absolute Gasteiger partial charge is 0.327 e. The maximum absolute atomic E-state index is 12.9. The molecule has 0 saturated carbocycles. The van der Waals surface area contributed by atoms with Crippen LogP contribution in [0.4, 0.5) is 4.79 Å². The topological polar surface area (TPSA) is 56.8 Å². The number of hydrogen-bond acceptors (Lipinski definition) is 4. The Labute approximate surface area is 143 Å². The lowest BCUT2D eigenvalue weighted by Crippen LogP contribution is -2.55. The minimum Gasteiger partial charge on any atom is -0.312 e. The van der Waals surface area contributed by atoms with Crippen molar-refractivity contribution >= 4 is 11.9 Å². The fraction of sp³-hybridized carbons (Fsp3) is 0.611. The average Bonchev–Trinajstić information content (AvgIpc) is 2.74. The molecule has 0 aliphatic carbocycles. The molecule has 3 amide bonds. The monoisotopic (exact) mass is 330 g/mol. The van der Waals surface area contributed by atoms with E-state index in [4.69, 9.17) is 0 Å². The number of carbonyl (C=O) groups is 2. The Kier molecular flexibility index (Phi) is 4.58. The summed E-state index contributed by atoms with van der Waals surface area (Å²) in [4.78, 5) is 35.0. The van der Waals surface area contributed by atoms with E-state index in [2.05, 4.69) is 9.88 Å². The highest BCUT2D eigenvalue weighted by atomic mass is 16.2. The van der Waals surface area contributed by atoms with E-state index >= 15 is 0 Å². The number of nitrogens with zero attached hydrogens (tertiary/aromatic N) is 4. The minimum absolute atomic E-state index is 0.00717. The van der Waals surface area contributed by atoms with Crippen molar-refractivity contribution in [2.45, 2.75) is 38.8 Å². The van der Waals surface area contributed by atoms with E-state index in [1.165, 1.54) is 10.5 Å². The molecule has 0 aromatic carbocycles. The zero-order valence-corrected chi connectivity index (χ0v) is 14.7. The van der Waals surface area contributed by atoms with E-state index in [1.807, 2.05) is 26.0 Å². The van der Waals surface area contributed by atoms with Crippen molar-refractivity contribution in [2.24, 2.45) is 5.92 Å². The number of urea groups is 1. The Morgan fingerprint density at radius 3 is 2.38 bits per heavy atom. The van der Waals surface area contributed by atoms with Gasteiger partial charge in [-0.3, -0.25) is 19.6 Å². The third-order valence-corrected chi connectivity index (χ3v) is 5.19. The van der Waals surface area contributed by atoms with Gasteiger partial charge in [0.1, 0.15) is 5.54 Å². The molecule has 6 nitrogen and oxygen atoms in total. The first-order valence-electron chi connectivity index (χ1n) is 8.65. The van der Waals surface area contributed by atoms with Crippen molar-refractivity contribution in [3.63, 3.8) is 0 Å². The third-order valence-electron chi connectivity index (χ3n) is 5.19. The smallest absolute Gasteiger partial charge is 0.312 e. The summed E-state index contributed by atoms with van der Waals surface area (Å²) < 4.78 is 0. The summed E-state index contributed by atoms with van der Waals surface area (Å²) in [5.74, 6) is 0.278. The quantitative estimate of drug-likeness (QED) is 0.792. The number of likely N-dealkylation sites (N-methyl/N-ethyl adjacent to an activating group) is 1. The summed E-state index contributed by atoms with van der Waals surface area (Å²) in [5.41, 5.74) is 0.588. The van der Waals surface area contributed by atoms with Crippen LogP contribution in [0.5, 0.6) is 0 Å². The molecule has 0 N–H and O–H groups in total. The van der Waals surface area contributed by atoms with E-state index in [1.54, 1.807) is 24.3 Å². The van der Waals surface area contributed by atoms with Gasteiger partial charge in [-0.05, 0) is 36.5 Å². The SMILES string of the molecule is CC(C)CN1C(=O)N(C)C2(CCN(Cc3ccncc3)CC2)C1=O. The van der Waals surface area contributed by atoms with Crippen LogP contribution in [0.2, 0.25) is 0 Å². The van der Waals surface area contributed by atoms with Crippen molar-refractivity contribution in [3.8, 4) is 0 Å². The zero-order valence-electron chi connectivity index (χ0n) is 14.7. The predicted octanol–water partition coefficient (Wildman–Crippen LogP) is 1.97. The molecule has 0 unspecified atom stereocenters. The standard InChI is InChI=1S/C18H26N4O2/c1-14(2)12-22-16(23)18(20(3)17(22)24)6-10-21(11-7-18)13-15-4-8-19-9-5-15/h4-5,8-9,14H,6-7,10-13H2,1-3H3. The molecule has 2 aliphatic heterocycles. The Morgan fingerprint density at radius 1 is 1.17 bits per heavy atom. The number of pyridine rings is 1. The summed E-state index contributed by atoms with van der Waals surface area (Å²) in [6.45, 7) is 7.07. The summed E-state index contributed by atoms with van der Waals surface area (Å²) in [6.07, 6.45) is 5.01. The number of imide groups is 1. The molecular weight excluding hydrogens is 304 g/mol. The molecule has 3 heterocycles. The van der Waals surface area contributed by atoms with E-state index in [9.17, 15) is 9.59 Å². The fourth-order valence-corrected chi connectivity index (χ4v) is 3.75. The van der Waals surface area contributed by atoms with Gasteiger partial charge in [0, 0.05) is 45.6 Å². The molecule has 0 radical (unpaired) electrons. The molecule has 1 aromatic heterocycles. The molecule has 0 atom stereocenters. The Morgan fingerprint density at radius 2 is 1.79 bits per heavy atom. The van der Waals surface area contributed by atoms with Crippen molar-refractivity contribution < 1.29 is 9.59 Å². The van der Waals surface area contributed by atoms with E-state index in [0.717, 1.165) is 19.6 Å². The Balaban J connectivity index is 1.68. The van der Waals surface area contributed by atoms with Crippen molar-refractivity contribution in [1.82, 2.24) is 19.7 Å². The normalized spacial score (nSPS) is 21.3. The first kappa shape index (κ1) is 16.9. The molecule has 24 heavy (non-hydrogen) atoms. The first-order chi connectivity index (χ1) is 11.4. The third kappa shape index (κ3) is 2.90. The second-order valence-electron chi connectivity index (χ2n) is 7.31. The van der Waals surface area contributed by atoms with E-state index in [0.29, 0.717) is 19.4 Å². The number of amides is 3. The highest BCUT2D eigenvalue weighted by Gasteiger charge is 2.56. The summed E-state index contributed by atoms with van der Waals surface area (Å²) >= 11 is 0. The van der Waals surface area contributed by atoms with Gasteiger partial charge in [-0.2, -0.15) is 0 Å². The number of carbonyl (C=O) groups excluding carboxylic acids is 2. The van der Waals surface area contributed by atoms with Crippen LogP contribution >= 0.6 is 0 Å². The molecule has 2 fully saturated rings. The van der Waals surface area contributed by atoms with Crippen LogP contribution in [0.25, 0.3) is 0 Å². The van der Waals surface area contributed by atoms with Crippen LogP contribution in [-0.4, -0.2) is 63.8 Å². The fourth-order valence-electron chi connectivity index (χ4n) is 3.75. The van der Waals surface area contributed by atoms with Gasteiger partial charge >= 0.3 is 6.03 Å². The van der Waals surface area contributed by atoms with Crippen LogP contribution in [0.3, 0.4) is 0 Å². The molecule has 3 rings (SSSR count). The van der Waals surface area contributed by atoms with Gasteiger partial charge in [0.2, 0.25) is 0 Å². The molecule has 0 bridgehead atoms. The molecule has 6 heteroatoms. The van der Waals surface area contributed by atoms with Crippen LogP contribution in [0.15, 0.2) is 24.5 Å². The van der Waals surface area contributed by atoms with Gasteiger partial charge in [0.15, 0.2) is 0 Å². The van der Waals surface area contributed by atoms with Gasteiger partial charge in [0.25, 0.3) is 5.91 Å². The highest BCUT2D eigenvalue weighted by molar-refractivity contribution is 6.07. The van der Waals surface area contributed by atoms with E-state index in [-0.39, 0.29) is 17.9 Å². The van der Waals surface area contributed by atoms with Crippen LogP contribution in [-0.2, 0) is 11.3 Å². The number of likely N-dealkylation sites (tertiary alicyclic amines) is 1. The molecule has 130 valence electrons. The van der Waals surface area contributed by atoms with Crippen LogP contribution in [0.1, 0.15) is 32.3 Å². The van der Waals surface area contributed by atoms with Gasteiger partial charge in [0.05, 0.1) is 0 Å². The predicted molar refractivity (Wildman–Crippen MR) is 91.2 cm³/mol. The van der Waals surface area contributed by atoms with Crippen LogP contribution < -0.4 is 0 Å². The van der Waals surface area contributed by atoms with Gasteiger partial charge in [-0.25, -0.2) is 4.79 Å². The maximum atomic E-state index is 12.9. The number of aromatic nitrogens is 1. The van der Waals surface area contributed by atoms with Crippen molar-refractivity contribution in [3.05, 3.63) is 30.1 Å². The minimum atomic E-state index is -0.638. The summed E-state index contributed by atoms with van der Waals surface area (Å²) in [6, 6.07) is 3.90. The lowest BCUT2D eigenvalue weighted by Gasteiger charge is -2.40. The summed E-state index contributed by atoms with van der Waals surface area (Å²) in [7, 11) is 1.78. The first-order valence-corrected chi connectivity index (χ1v) is 8.65. The summed E-state index contributed by atoms with van der Waals surface area (Å²) in [5, 5.41) is 0. The number of piperidine rings is 1. The van der Waals surface area contributed by atoms with Crippen molar-refractivity contribution in [2.75, 3.05) is 26.7 Å². The van der Waals surface area contributed by atoms with Gasteiger partial charge in [-0.15, -0.1) is 0 Å². The lowest BCUT2D eigenvalue weighted by molar-refractivity contribution is -0.135. The molecular formula is C18H26N4O2. The molecule has 2 saturated heterocycles. The maximum Gasteiger partial charge on any atom is 0.327 e. The lowest BCUT2D eigenvalue weighted by atomic mass is 9.86. The zero-order chi connectivity index (χ0) is 17.3. The average molecular weight is 330 g/mol. The molecule has 1 aromatic rings. The van der Waals surface area contributed by atoms with Crippen molar-refractivity contribution in [1.29, 1.82) is 0 Å². The van der Waals surface area contributed by atoms with Gasteiger partial charge < -0.3 is 4.90 Å². The molecule has 1 spiro atoms. The Bertz CT molecular complexity index is 609. The second-order valence-corrected chi connectivity index (χ2v) is 7.31. The second kappa shape index (κ2) is 6.51. The Hall–Kier alpha value is -1.95. The number of rotatable bonds is 4. The number of hydrogen-bond donors (Lipinski definition) is 0.